The molecule has 1 unspecified atom stereocenters. The maximum Gasteiger partial charge on any atom is 0.224 e. The second-order valence-corrected chi connectivity index (χ2v) is 7.88. The van der Waals surface area contributed by atoms with E-state index in [9.17, 15) is 9.90 Å². The van der Waals surface area contributed by atoms with E-state index >= 15 is 0 Å². The Balaban J connectivity index is 0.00000320. The minimum absolute atomic E-state index is 0. The van der Waals surface area contributed by atoms with Crippen molar-refractivity contribution in [2.24, 2.45) is 4.99 Å². The number of guanidine groups is 1. The van der Waals surface area contributed by atoms with E-state index in [0.29, 0.717) is 24.8 Å². The predicted molar refractivity (Wildman–Crippen MR) is 133 cm³/mol. The predicted octanol–water partition coefficient (Wildman–Crippen LogP) is 2.89. The zero-order valence-corrected chi connectivity index (χ0v) is 20.5. The van der Waals surface area contributed by atoms with Crippen LogP contribution in [0, 0.1) is 0 Å². The summed E-state index contributed by atoms with van der Waals surface area (Å²) in [6.07, 6.45) is 3.92. The largest absolute Gasteiger partial charge is 0.506 e. The molecule has 30 heavy (non-hydrogen) atoms. The number of carbonyl (C=O) groups is 1. The number of aromatic hydroxyl groups is 1. The van der Waals surface area contributed by atoms with Crippen LogP contribution in [-0.4, -0.2) is 78.6 Å². The molecule has 1 amide bonds. The number of rotatable bonds is 5. The van der Waals surface area contributed by atoms with E-state index in [1.807, 2.05) is 23.1 Å². The molecule has 0 saturated carbocycles. The average molecular weight is 529 g/mol. The third kappa shape index (κ3) is 6.39. The normalized spacial score (nSPS) is 20.0. The van der Waals surface area contributed by atoms with Crippen molar-refractivity contribution < 1.29 is 9.90 Å². The van der Waals surface area contributed by atoms with Crippen molar-refractivity contribution >= 4 is 41.5 Å². The second-order valence-electron chi connectivity index (χ2n) is 7.88. The molecule has 1 aromatic rings. The Morgan fingerprint density at radius 3 is 2.57 bits per heavy atom. The molecule has 1 aromatic carbocycles. The lowest BCUT2D eigenvalue weighted by molar-refractivity contribution is -0.134. The molecule has 2 aliphatic rings. The van der Waals surface area contributed by atoms with Crippen LogP contribution in [0.1, 0.15) is 39.5 Å². The Morgan fingerprint density at radius 1 is 1.17 bits per heavy atom. The van der Waals surface area contributed by atoms with Crippen molar-refractivity contribution in [3.63, 3.8) is 0 Å². The quantitative estimate of drug-likeness (QED) is 0.349. The van der Waals surface area contributed by atoms with Gasteiger partial charge in [0, 0.05) is 51.7 Å². The number of phenols is 1. The smallest absolute Gasteiger partial charge is 0.224 e. The first kappa shape index (κ1) is 24.6. The van der Waals surface area contributed by atoms with Gasteiger partial charge < -0.3 is 25.1 Å². The Labute approximate surface area is 197 Å². The summed E-state index contributed by atoms with van der Waals surface area (Å²) >= 11 is 0. The van der Waals surface area contributed by atoms with Gasteiger partial charge >= 0.3 is 0 Å². The molecule has 1 atom stereocenters. The topological polar surface area (TPSA) is 71.4 Å². The SMILES string of the molecule is CCNC(=NCCC(=O)N1CCCCC1C)N1CCN(c2ccccc2O)CC1.I. The van der Waals surface area contributed by atoms with Gasteiger partial charge in [0.05, 0.1) is 12.2 Å². The van der Waals surface area contributed by atoms with E-state index in [1.54, 1.807) is 6.07 Å². The van der Waals surface area contributed by atoms with Crippen molar-refractivity contribution in [1.29, 1.82) is 0 Å². The monoisotopic (exact) mass is 529 g/mol. The number of carbonyl (C=O) groups excluding carboxylic acids is 1. The summed E-state index contributed by atoms with van der Waals surface area (Å²) in [6, 6.07) is 7.84. The number of halogens is 1. The zero-order chi connectivity index (χ0) is 20.6. The highest BCUT2D eigenvalue weighted by atomic mass is 127. The number of piperidine rings is 1. The Kier molecular flexibility index (Phi) is 10.0. The molecule has 168 valence electrons. The van der Waals surface area contributed by atoms with Crippen LogP contribution in [0.25, 0.3) is 0 Å². The van der Waals surface area contributed by atoms with Crippen LogP contribution in [0.2, 0.25) is 0 Å². The van der Waals surface area contributed by atoms with E-state index < -0.39 is 0 Å². The van der Waals surface area contributed by atoms with Crippen LogP contribution < -0.4 is 10.2 Å². The van der Waals surface area contributed by atoms with E-state index in [2.05, 4.69) is 29.0 Å². The van der Waals surface area contributed by atoms with Gasteiger partial charge in [-0.05, 0) is 45.2 Å². The lowest BCUT2D eigenvalue weighted by atomic mass is 10.0. The molecule has 8 heteroatoms. The first-order valence-corrected chi connectivity index (χ1v) is 11.0. The highest BCUT2D eigenvalue weighted by Gasteiger charge is 2.23. The standard InChI is InChI=1S/C22H35N5O2.HI/c1-3-23-22(24-12-11-21(29)27-13-7-6-8-18(27)2)26-16-14-25(15-17-26)19-9-4-5-10-20(19)28;/h4-5,9-10,18,28H,3,6-8,11-17H2,1-2H3,(H,23,24);1H. The molecule has 2 fully saturated rings. The molecule has 7 nitrogen and oxygen atoms in total. The molecule has 0 spiro atoms. The van der Waals surface area contributed by atoms with Crippen LogP contribution in [0.4, 0.5) is 5.69 Å². The summed E-state index contributed by atoms with van der Waals surface area (Å²) in [7, 11) is 0. The number of nitrogens with zero attached hydrogens (tertiary/aromatic N) is 4. The number of anilines is 1. The molecule has 2 heterocycles. The number of phenolic OH excluding ortho intramolecular Hbond substituents is 1. The number of likely N-dealkylation sites (tertiary alicyclic amines) is 1. The third-order valence-corrected chi connectivity index (χ3v) is 5.85. The minimum Gasteiger partial charge on any atom is -0.506 e. The summed E-state index contributed by atoms with van der Waals surface area (Å²) in [6.45, 7) is 9.73. The number of benzene rings is 1. The van der Waals surface area contributed by atoms with Gasteiger partial charge in [0.2, 0.25) is 5.91 Å². The van der Waals surface area contributed by atoms with Gasteiger partial charge in [-0.2, -0.15) is 0 Å². The van der Waals surface area contributed by atoms with Gasteiger partial charge in [-0.3, -0.25) is 9.79 Å². The van der Waals surface area contributed by atoms with Crippen LogP contribution in [-0.2, 0) is 4.79 Å². The number of hydrogen-bond donors (Lipinski definition) is 2. The fourth-order valence-electron chi connectivity index (χ4n) is 4.19. The molecule has 2 saturated heterocycles. The number of para-hydroxylation sites is 2. The van der Waals surface area contributed by atoms with Gasteiger partial charge in [0.1, 0.15) is 5.75 Å². The van der Waals surface area contributed by atoms with Crippen molar-refractivity contribution in [1.82, 2.24) is 15.1 Å². The summed E-state index contributed by atoms with van der Waals surface area (Å²) in [5, 5.41) is 13.5. The summed E-state index contributed by atoms with van der Waals surface area (Å²) in [5.74, 6) is 1.43. The van der Waals surface area contributed by atoms with E-state index in [0.717, 1.165) is 63.8 Å². The molecule has 0 aromatic heterocycles. The van der Waals surface area contributed by atoms with E-state index in [-0.39, 0.29) is 29.9 Å². The molecular formula is C22H36IN5O2. The Morgan fingerprint density at radius 2 is 1.90 bits per heavy atom. The van der Waals surface area contributed by atoms with E-state index in [1.165, 1.54) is 6.42 Å². The third-order valence-electron chi connectivity index (χ3n) is 5.85. The van der Waals surface area contributed by atoms with Crippen molar-refractivity contribution in [2.45, 2.75) is 45.6 Å². The Hall–Kier alpha value is -1.71. The zero-order valence-electron chi connectivity index (χ0n) is 18.2. The first-order chi connectivity index (χ1) is 14.1. The van der Waals surface area contributed by atoms with Gasteiger partial charge in [-0.1, -0.05) is 12.1 Å². The molecule has 3 rings (SSSR count). The van der Waals surface area contributed by atoms with Crippen LogP contribution in [0.5, 0.6) is 5.75 Å². The minimum atomic E-state index is 0. The van der Waals surface area contributed by atoms with Crippen LogP contribution >= 0.6 is 24.0 Å². The van der Waals surface area contributed by atoms with Crippen molar-refractivity contribution in [2.75, 3.05) is 50.7 Å². The number of hydrogen-bond acceptors (Lipinski definition) is 4. The Bertz CT molecular complexity index is 707. The fourth-order valence-corrected chi connectivity index (χ4v) is 4.19. The highest BCUT2D eigenvalue weighted by molar-refractivity contribution is 14.0. The van der Waals surface area contributed by atoms with Gasteiger partial charge in [-0.25, -0.2) is 0 Å². The summed E-state index contributed by atoms with van der Waals surface area (Å²) in [4.78, 5) is 23.8. The molecule has 0 aliphatic carbocycles. The van der Waals surface area contributed by atoms with Crippen molar-refractivity contribution in [3.8, 4) is 5.75 Å². The molecule has 2 N–H and O–H groups in total. The highest BCUT2D eigenvalue weighted by Crippen LogP contribution is 2.27. The number of amides is 1. The molecular weight excluding hydrogens is 493 g/mol. The number of nitrogens with one attached hydrogen (secondary N) is 1. The molecule has 0 radical (unpaired) electrons. The van der Waals surface area contributed by atoms with Gasteiger partial charge in [-0.15, -0.1) is 24.0 Å². The van der Waals surface area contributed by atoms with Crippen molar-refractivity contribution in [3.05, 3.63) is 24.3 Å². The van der Waals surface area contributed by atoms with Crippen LogP contribution in [0.3, 0.4) is 0 Å². The maximum absolute atomic E-state index is 12.5. The fraction of sp³-hybridized carbons (Fsp3) is 0.636. The lowest BCUT2D eigenvalue weighted by Crippen LogP contribution is -2.52. The molecule has 0 bridgehead atoms. The summed E-state index contributed by atoms with van der Waals surface area (Å²) in [5.41, 5.74) is 0.885. The van der Waals surface area contributed by atoms with Crippen LogP contribution in [0.15, 0.2) is 29.3 Å². The lowest BCUT2D eigenvalue weighted by Gasteiger charge is -2.38. The first-order valence-electron chi connectivity index (χ1n) is 11.0. The molecule has 2 aliphatic heterocycles. The summed E-state index contributed by atoms with van der Waals surface area (Å²) < 4.78 is 0. The number of aliphatic imine (C=N–C) groups is 1. The second kappa shape index (κ2) is 12.2. The van der Waals surface area contributed by atoms with Gasteiger partial charge in [0.15, 0.2) is 5.96 Å². The average Bonchev–Trinajstić information content (AvgIpc) is 2.74. The maximum atomic E-state index is 12.5. The van der Waals surface area contributed by atoms with Gasteiger partial charge in [0.25, 0.3) is 0 Å². The number of piperazine rings is 1. The van der Waals surface area contributed by atoms with E-state index in [4.69, 9.17) is 4.99 Å².